The van der Waals surface area contributed by atoms with Crippen molar-refractivity contribution in [3.63, 3.8) is 0 Å². The number of anilines is 1. The highest BCUT2D eigenvalue weighted by Crippen LogP contribution is 2.25. The zero-order valence-electron chi connectivity index (χ0n) is 19.4. The lowest BCUT2D eigenvalue weighted by Gasteiger charge is -2.32. The highest BCUT2D eigenvalue weighted by molar-refractivity contribution is 5.91. The number of rotatable bonds is 8. The number of hydrogen-bond donors (Lipinski definition) is 2. The molecule has 4 rings (SSSR count). The maximum absolute atomic E-state index is 13.2. The Morgan fingerprint density at radius 3 is 2.71 bits per heavy atom. The molecule has 35 heavy (non-hydrogen) atoms. The van der Waals surface area contributed by atoms with Gasteiger partial charge in [0.1, 0.15) is 11.6 Å². The van der Waals surface area contributed by atoms with Crippen LogP contribution >= 0.6 is 0 Å². The molecule has 1 fully saturated rings. The monoisotopic (exact) mass is 482 g/mol. The lowest BCUT2D eigenvalue weighted by Crippen LogP contribution is -2.35. The first-order chi connectivity index (χ1) is 17.0. The molecular formula is C24H27FN6O4. The van der Waals surface area contributed by atoms with Crippen molar-refractivity contribution in [1.29, 1.82) is 0 Å². The van der Waals surface area contributed by atoms with E-state index in [4.69, 9.17) is 14.2 Å². The number of aromatic nitrogens is 3. The molecule has 2 aromatic heterocycles. The van der Waals surface area contributed by atoms with Gasteiger partial charge in [-0.25, -0.2) is 14.2 Å². The van der Waals surface area contributed by atoms with Crippen LogP contribution < -0.4 is 15.5 Å². The quantitative estimate of drug-likeness (QED) is 0.502. The zero-order chi connectivity index (χ0) is 24.6. The molecule has 1 aromatic carbocycles. The number of piperidine rings is 1. The summed E-state index contributed by atoms with van der Waals surface area (Å²) >= 11 is 0. The topological polar surface area (TPSA) is 122 Å². The fourth-order valence-electron chi connectivity index (χ4n) is 3.90. The van der Waals surface area contributed by atoms with Gasteiger partial charge in [-0.15, -0.1) is 0 Å². The molecule has 0 unspecified atom stereocenters. The number of carbonyl (C=O) groups is 2. The Morgan fingerprint density at radius 2 is 1.97 bits per heavy atom. The van der Waals surface area contributed by atoms with E-state index in [-0.39, 0.29) is 29.8 Å². The molecule has 11 heteroatoms. The number of nitrogens with one attached hydrogen (secondary N) is 2. The van der Waals surface area contributed by atoms with Gasteiger partial charge in [-0.1, -0.05) is 5.16 Å². The molecule has 3 heterocycles. The van der Waals surface area contributed by atoms with Crippen LogP contribution in [0.5, 0.6) is 0 Å². The fraction of sp³-hybridized carbons (Fsp3) is 0.375. The van der Waals surface area contributed by atoms with Gasteiger partial charge < -0.3 is 24.8 Å². The minimum Gasteiger partial charge on any atom is -0.441 e. The molecule has 184 valence electrons. The lowest BCUT2D eigenvalue weighted by molar-refractivity contribution is 0.0952. The van der Waals surface area contributed by atoms with E-state index in [0.717, 1.165) is 43.7 Å². The van der Waals surface area contributed by atoms with E-state index in [1.807, 2.05) is 0 Å². The van der Waals surface area contributed by atoms with Crippen molar-refractivity contribution in [2.24, 2.45) is 5.92 Å². The highest BCUT2D eigenvalue weighted by Gasteiger charge is 2.21. The summed E-state index contributed by atoms with van der Waals surface area (Å²) in [6.07, 6.45) is 5.66. The van der Waals surface area contributed by atoms with E-state index < -0.39 is 6.09 Å². The van der Waals surface area contributed by atoms with Crippen LogP contribution in [0.15, 0.2) is 47.2 Å². The number of benzene rings is 1. The first-order valence-electron chi connectivity index (χ1n) is 11.4. The summed E-state index contributed by atoms with van der Waals surface area (Å²) in [5.41, 5.74) is 1.66. The van der Waals surface area contributed by atoms with Gasteiger partial charge in [0.25, 0.3) is 5.91 Å². The van der Waals surface area contributed by atoms with E-state index >= 15 is 0 Å². The van der Waals surface area contributed by atoms with Gasteiger partial charge in [-0.3, -0.25) is 9.78 Å². The third-order valence-corrected chi connectivity index (χ3v) is 5.89. The molecule has 0 aliphatic carbocycles. The third-order valence-electron chi connectivity index (χ3n) is 5.89. The molecule has 0 atom stereocenters. The highest BCUT2D eigenvalue weighted by atomic mass is 19.1. The Bertz CT molecular complexity index is 1140. The van der Waals surface area contributed by atoms with Gasteiger partial charge in [0.2, 0.25) is 0 Å². The number of nitrogens with zero attached hydrogens (tertiary/aromatic N) is 4. The summed E-state index contributed by atoms with van der Waals surface area (Å²) in [5, 5.41) is 8.80. The normalized spacial score (nSPS) is 13.9. The summed E-state index contributed by atoms with van der Waals surface area (Å²) < 4.78 is 23.3. The van der Waals surface area contributed by atoms with Gasteiger partial charge >= 0.3 is 6.09 Å². The first kappa shape index (κ1) is 24.1. The molecule has 1 aliphatic heterocycles. The van der Waals surface area contributed by atoms with E-state index in [9.17, 15) is 14.0 Å². The van der Waals surface area contributed by atoms with E-state index in [1.165, 1.54) is 25.2 Å². The molecule has 2 N–H and O–H groups in total. The maximum Gasteiger partial charge on any atom is 0.407 e. The van der Waals surface area contributed by atoms with Crippen molar-refractivity contribution >= 4 is 17.8 Å². The van der Waals surface area contributed by atoms with E-state index in [0.29, 0.717) is 18.2 Å². The Morgan fingerprint density at radius 1 is 1.20 bits per heavy atom. The van der Waals surface area contributed by atoms with Crippen molar-refractivity contribution in [3.05, 3.63) is 60.0 Å². The van der Waals surface area contributed by atoms with Crippen molar-refractivity contribution in [3.8, 4) is 11.3 Å². The molecule has 0 bridgehead atoms. The van der Waals surface area contributed by atoms with E-state index in [1.54, 1.807) is 24.5 Å². The number of halogens is 1. The Kier molecular flexibility index (Phi) is 7.86. The summed E-state index contributed by atoms with van der Waals surface area (Å²) in [4.78, 5) is 34.6. The smallest absolute Gasteiger partial charge is 0.407 e. The molecule has 0 saturated carbocycles. The second kappa shape index (κ2) is 11.4. The van der Waals surface area contributed by atoms with Gasteiger partial charge in [0.05, 0.1) is 18.1 Å². The van der Waals surface area contributed by atoms with Gasteiger partial charge in [0, 0.05) is 38.3 Å². The summed E-state index contributed by atoms with van der Waals surface area (Å²) in [6, 6.07) is 7.65. The number of ether oxygens (including phenoxy) is 1. The minimum absolute atomic E-state index is 0.105. The largest absolute Gasteiger partial charge is 0.441 e. The van der Waals surface area contributed by atoms with Gasteiger partial charge in [-0.2, -0.15) is 0 Å². The third kappa shape index (κ3) is 6.52. The van der Waals surface area contributed by atoms with Crippen LogP contribution in [-0.4, -0.2) is 53.8 Å². The summed E-state index contributed by atoms with van der Waals surface area (Å²) in [7, 11) is 1.49. The van der Waals surface area contributed by atoms with Gasteiger partial charge in [0.15, 0.2) is 18.1 Å². The van der Waals surface area contributed by atoms with Crippen LogP contribution in [-0.2, 0) is 11.3 Å². The van der Waals surface area contributed by atoms with Crippen molar-refractivity contribution in [2.75, 3.05) is 31.6 Å². The molecule has 1 aliphatic rings. The lowest BCUT2D eigenvalue weighted by atomic mass is 9.93. The number of alkyl carbamates (subject to hydrolysis) is 1. The standard InChI is InChI=1S/C24H27FN6O4/c1-26-23(32)20-12-19(35-30-20)15-34-24(33)28-9-6-16-7-10-31(11-8-16)22-14-27-13-21(29-22)17-2-4-18(25)5-3-17/h2-5,12-14,16H,6-11,15H2,1H3,(H,26,32)(H,28,33). The molecule has 1 saturated heterocycles. The maximum atomic E-state index is 13.2. The first-order valence-corrected chi connectivity index (χ1v) is 11.4. The van der Waals surface area contributed by atoms with Crippen LogP contribution in [0.4, 0.5) is 15.0 Å². The fourth-order valence-corrected chi connectivity index (χ4v) is 3.90. The van der Waals surface area contributed by atoms with Crippen molar-refractivity contribution in [1.82, 2.24) is 25.8 Å². The second-order valence-corrected chi connectivity index (χ2v) is 8.25. The van der Waals surface area contributed by atoms with Crippen molar-refractivity contribution in [2.45, 2.75) is 25.9 Å². The summed E-state index contributed by atoms with van der Waals surface area (Å²) in [5.74, 6) is 0.915. The van der Waals surface area contributed by atoms with Gasteiger partial charge in [-0.05, 0) is 49.4 Å². The van der Waals surface area contributed by atoms with Crippen LogP contribution in [0.3, 0.4) is 0 Å². The van der Waals surface area contributed by atoms with Crippen molar-refractivity contribution < 1.29 is 23.2 Å². The molecule has 10 nitrogen and oxygen atoms in total. The minimum atomic E-state index is -0.548. The average molecular weight is 483 g/mol. The zero-order valence-corrected chi connectivity index (χ0v) is 19.4. The average Bonchev–Trinajstić information content (AvgIpc) is 3.37. The SMILES string of the molecule is CNC(=O)c1cc(COC(=O)NCCC2CCN(c3cncc(-c4ccc(F)cc4)n3)CC2)on1. The number of amides is 2. The second-order valence-electron chi connectivity index (χ2n) is 8.25. The molecule has 3 aromatic rings. The predicted octanol–water partition coefficient (Wildman–Crippen LogP) is 3.16. The Labute approximate surface area is 201 Å². The molecular weight excluding hydrogens is 455 g/mol. The summed E-state index contributed by atoms with van der Waals surface area (Å²) in [6.45, 7) is 2.08. The molecule has 0 radical (unpaired) electrons. The van der Waals surface area contributed by atoms with Crippen LogP contribution in [0, 0.1) is 11.7 Å². The number of carbonyl (C=O) groups excluding carboxylic acids is 2. The van der Waals surface area contributed by atoms with E-state index in [2.05, 4.69) is 25.7 Å². The molecule has 0 spiro atoms. The van der Waals surface area contributed by atoms with Crippen LogP contribution in [0.25, 0.3) is 11.3 Å². The Balaban J connectivity index is 1.17. The predicted molar refractivity (Wildman–Crippen MR) is 125 cm³/mol. The van der Waals surface area contributed by atoms with Crippen LogP contribution in [0.2, 0.25) is 0 Å². The van der Waals surface area contributed by atoms with Crippen LogP contribution in [0.1, 0.15) is 35.5 Å². The Hall–Kier alpha value is -4.02. The number of hydrogen-bond acceptors (Lipinski definition) is 8. The molecule has 2 amide bonds.